The molecule has 2 N–H and O–H groups in total. The van der Waals surface area contributed by atoms with E-state index in [4.69, 9.17) is 0 Å². The maximum atomic E-state index is 4.58. The molecular formula is C23H33N7. The van der Waals surface area contributed by atoms with Gasteiger partial charge in [-0.25, -0.2) is 4.98 Å². The Morgan fingerprint density at radius 2 is 1.87 bits per heavy atom. The molecule has 2 aliphatic heterocycles. The number of aliphatic imine (C=N–C) groups is 1. The van der Waals surface area contributed by atoms with Crippen LogP contribution in [0.4, 0.5) is 11.5 Å². The quantitative estimate of drug-likeness (QED) is 0.582. The number of anilines is 2. The number of piperazine rings is 1. The fraction of sp³-hybridized carbons (Fsp3) is 0.478. The lowest BCUT2D eigenvalue weighted by molar-refractivity contribution is 0.312. The third-order valence-electron chi connectivity index (χ3n) is 5.97. The minimum Gasteiger partial charge on any atom is -0.369 e. The molecule has 0 radical (unpaired) electrons. The van der Waals surface area contributed by atoms with Crippen LogP contribution in [0.2, 0.25) is 0 Å². The number of hydrogen-bond acceptors (Lipinski definition) is 5. The Morgan fingerprint density at radius 3 is 2.63 bits per heavy atom. The molecule has 1 atom stereocenters. The molecule has 7 nitrogen and oxygen atoms in total. The minimum absolute atomic E-state index is 0.398. The second-order valence-corrected chi connectivity index (χ2v) is 8.15. The number of para-hydroxylation sites is 1. The van der Waals surface area contributed by atoms with Gasteiger partial charge in [-0.2, -0.15) is 0 Å². The molecule has 0 aliphatic carbocycles. The Kier molecular flexibility index (Phi) is 6.69. The van der Waals surface area contributed by atoms with Gasteiger partial charge in [-0.15, -0.1) is 0 Å². The van der Waals surface area contributed by atoms with Crippen molar-refractivity contribution in [3.05, 3.63) is 54.2 Å². The number of nitrogens with one attached hydrogen (secondary N) is 2. The summed E-state index contributed by atoms with van der Waals surface area (Å²) in [5.41, 5.74) is 2.51. The van der Waals surface area contributed by atoms with Crippen LogP contribution in [-0.2, 0) is 6.54 Å². The van der Waals surface area contributed by atoms with Crippen LogP contribution in [0.5, 0.6) is 0 Å². The predicted octanol–water partition coefficient (Wildman–Crippen LogP) is 1.78. The molecule has 1 aromatic carbocycles. The third kappa shape index (κ3) is 5.21. The van der Waals surface area contributed by atoms with Gasteiger partial charge in [0.1, 0.15) is 5.82 Å². The number of pyridine rings is 1. The first-order valence-corrected chi connectivity index (χ1v) is 10.9. The topological polar surface area (TPSA) is 59.0 Å². The van der Waals surface area contributed by atoms with Gasteiger partial charge in [0.05, 0.1) is 0 Å². The van der Waals surface area contributed by atoms with E-state index >= 15 is 0 Å². The van der Waals surface area contributed by atoms with Gasteiger partial charge in [-0.1, -0.05) is 18.2 Å². The number of benzene rings is 1. The first-order valence-electron chi connectivity index (χ1n) is 10.9. The molecule has 1 aromatic heterocycles. The zero-order chi connectivity index (χ0) is 20.8. The summed E-state index contributed by atoms with van der Waals surface area (Å²) in [7, 11) is 4.01. The highest BCUT2D eigenvalue weighted by Gasteiger charge is 2.23. The fourth-order valence-corrected chi connectivity index (χ4v) is 4.10. The first-order chi connectivity index (χ1) is 14.7. The van der Waals surface area contributed by atoms with E-state index in [0.717, 1.165) is 64.0 Å². The molecule has 4 rings (SSSR count). The molecule has 2 aromatic rings. The Morgan fingerprint density at radius 1 is 1.07 bits per heavy atom. The highest BCUT2D eigenvalue weighted by molar-refractivity contribution is 5.80. The van der Waals surface area contributed by atoms with E-state index in [1.165, 1.54) is 11.3 Å². The molecule has 0 saturated carbocycles. The van der Waals surface area contributed by atoms with Crippen LogP contribution in [0.3, 0.4) is 0 Å². The van der Waals surface area contributed by atoms with Gasteiger partial charge in [0.2, 0.25) is 0 Å². The summed E-state index contributed by atoms with van der Waals surface area (Å²) < 4.78 is 0. The Bertz CT molecular complexity index is 830. The van der Waals surface area contributed by atoms with E-state index < -0.39 is 0 Å². The molecule has 1 unspecified atom stereocenters. The molecule has 0 amide bonds. The van der Waals surface area contributed by atoms with Gasteiger partial charge in [0, 0.05) is 70.8 Å². The highest BCUT2D eigenvalue weighted by atomic mass is 15.3. The Balaban J connectivity index is 1.28. The smallest absolute Gasteiger partial charge is 0.191 e. The second kappa shape index (κ2) is 9.80. The van der Waals surface area contributed by atoms with E-state index in [0.29, 0.717) is 6.04 Å². The average molecular weight is 408 g/mol. The SMILES string of the molecule is CN=C(NCc1ccnc(N2CCN(C)CC2)c1)NC1CCN(c2ccccc2)C1. The number of likely N-dealkylation sites (N-methyl/N-ethyl adjacent to an activating group) is 1. The minimum atomic E-state index is 0.398. The third-order valence-corrected chi connectivity index (χ3v) is 5.97. The number of aromatic nitrogens is 1. The van der Waals surface area contributed by atoms with Crippen molar-refractivity contribution in [2.24, 2.45) is 4.99 Å². The van der Waals surface area contributed by atoms with Crippen LogP contribution in [-0.4, -0.2) is 75.2 Å². The molecule has 2 aliphatic rings. The van der Waals surface area contributed by atoms with Crippen LogP contribution < -0.4 is 20.4 Å². The van der Waals surface area contributed by atoms with Gasteiger partial charge in [0.25, 0.3) is 0 Å². The van der Waals surface area contributed by atoms with E-state index in [2.05, 4.69) is 84.8 Å². The van der Waals surface area contributed by atoms with Crippen molar-refractivity contribution in [2.75, 3.05) is 63.2 Å². The maximum absolute atomic E-state index is 4.58. The first kappa shape index (κ1) is 20.5. The summed E-state index contributed by atoms with van der Waals surface area (Å²) in [5.74, 6) is 1.92. The normalized spacial score (nSPS) is 20.5. The largest absolute Gasteiger partial charge is 0.369 e. The van der Waals surface area contributed by atoms with Crippen molar-refractivity contribution in [3.8, 4) is 0 Å². The summed E-state index contributed by atoms with van der Waals surface area (Å²) in [4.78, 5) is 16.2. The van der Waals surface area contributed by atoms with Crippen molar-refractivity contribution in [1.82, 2.24) is 20.5 Å². The van der Waals surface area contributed by atoms with E-state index in [-0.39, 0.29) is 0 Å². The monoisotopic (exact) mass is 407 g/mol. The molecule has 0 spiro atoms. The summed E-state index contributed by atoms with van der Waals surface area (Å²) in [6, 6.07) is 15.3. The lowest BCUT2D eigenvalue weighted by atomic mass is 10.2. The van der Waals surface area contributed by atoms with Crippen LogP contribution in [0.15, 0.2) is 53.7 Å². The lowest BCUT2D eigenvalue weighted by Crippen LogP contribution is -2.45. The molecule has 2 fully saturated rings. The standard InChI is InChI=1S/C23H33N7/c1-24-23(27-20-9-11-30(18-20)21-6-4-3-5-7-21)26-17-19-8-10-25-22(16-19)29-14-12-28(2)13-15-29/h3-8,10,16,20H,9,11-15,17-18H2,1-2H3,(H2,24,26,27). The molecule has 2 saturated heterocycles. The number of rotatable bonds is 5. The van der Waals surface area contributed by atoms with Crippen molar-refractivity contribution in [2.45, 2.75) is 19.0 Å². The van der Waals surface area contributed by atoms with Gasteiger partial charge >= 0.3 is 0 Å². The van der Waals surface area contributed by atoms with Crippen LogP contribution in [0, 0.1) is 0 Å². The zero-order valence-corrected chi connectivity index (χ0v) is 18.1. The Labute approximate surface area is 179 Å². The lowest BCUT2D eigenvalue weighted by Gasteiger charge is -2.33. The number of nitrogens with zero attached hydrogens (tertiary/aromatic N) is 5. The van der Waals surface area contributed by atoms with Gasteiger partial charge in [0.15, 0.2) is 5.96 Å². The van der Waals surface area contributed by atoms with E-state index in [1.807, 2.05) is 13.2 Å². The molecule has 7 heteroatoms. The second-order valence-electron chi connectivity index (χ2n) is 8.15. The van der Waals surface area contributed by atoms with Crippen molar-refractivity contribution in [3.63, 3.8) is 0 Å². The van der Waals surface area contributed by atoms with Gasteiger partial charge in [-0.3, -0.25) is 4.99 Å². The van der Waals surface area contributed by atoms with Gasteiger partial charge < -0.3 is 25.3 Å². The molecule has 30 heavy (non-hydrogen) atoms. The van der Waals surface area contributed by atoms with Crippen LogP contribution in [0.25, 0.3) is 0 Å². The summed E-state index contributed by atoms with van der Waals surface area (Å²) in [6.07, 6.45) is 3.02. The van der Waals surface area contributed by atoms with Gasteiger partial charge in [-0.05, 0) is 43.3 Å². The molecule has 0 bridgehead atoms. The van der Waals surface area contributed by atoms with Crippen LogP contribution in [0.1, 0.15) is 12.0 Å². The average Bonchev–Trinajstić information content (AvgIpc) is 3.26. The molecule has 3 heterocycles. The van der Waals surface area contributed by atoms with Crippen molar-refractivity contribution in [1.29, 1.82) is 0 Å². The number of guanidine groups is 1. The van der Waals surface area contributed by atoms with E-state index in [1.54, 1.807) is 0 Å². The highest BCUT2D eigenvalue weighted by Crippen LogP contribution is 2.19. The number of hydrogen-bond donors (Lipinski definition) is 2. The fourth-order valence-electron chi connectivity index (χ4n) is 4.10. The zero-order valence-electron chi connectivity index (χ0n) is 18.1. The van der Waals surface area contributed by atoms with Crippen molar-refractivity contribution < 1.29 is 0 Å². The summed E-state index contributed by atoms with van der Waals surface area (Å²) in [6.45, 7) is 7.03. The molecule has 160 valence electrons. The predicted molar refractivity (Wildman–Crippen MR) is 124 cm³/mol. The summed E-state index contributed by atoms with van der Waals surface area (Å²) in [5, 5.41) is 7.05. The maximum Gasteiger partial charge on any atom is 0.191 e. The molecular weight excluding hydrogens is 374 g/mol. The van der Waals surface area contributed by atoms with Crippen LogP contribution >= 0.6 is 0 Å². The van der Waals surface area contributed by atoms with Crippen molar-refractivity contribution >= 4 is 17.5 Å². The van der Waals surface area contributed by atoms with E-state index in [9.17, 15) is 0 Å². The Hall–Kier alpha value is -2.80. The summed E-state index contributed by atoms with van der Waals surface area (Å²) >= 11 is 0.